The highest BCUT2D eigenvalue weighted by Gasteiger charge is 2.07. The number of H-pyrrole nitrogens is 1. The Labute approximate surface area is 105 Å². The third-order valence-corrected chi connectivity index (χ3v) is 2.78. The number of halogens is 1. The molecule has 0 aliphatic rings. The number of amides is 1. The first-order valence-electron chi connectivity index (χ1n) is 5.75. The molecule has 0 spiro atoms. The summed E-state index contributed by atoms with van der Waals surface area (Å²) in [6, 6.07) is 7.64. The van der Waals surface area contributed by atoms with Gasteiger partial charge in [0.15, 0.2) is 0 Å². The summed E-state index contributed by atoms with van der Waals surface area (Å²) < 4.78 is 13.0. The van der Waals surface area contributed by atoms with Crippen molar-refractivity contribution < 1.29 is 9.18 Å². The third kappa shape index (κ3) is 2.77. The molecular formula is C14H15FN2O. The first kappa shape index (κ1) is 12.4. The molecule has 18 heavy (non-hydrogen) atoms. The number of benzene rings is 1. The second kappa shape index (κ2) is 5.04. The minimum Gasteiger partial charge on any atom is -0.362 e. The minimum absolute atomic E-state index is 0.271. The number of aryl methyl sites for hydroxylation is 2. The first-order chi connectivity index (χ1) is 8.56. The van der Waals surface area contributed by atoms with E-state index in [0.29, 0.717) is 12.1 Å². The Morgan fingerprint density at radius 1 is 1.33 bits per heavy atom. The van der Waals surface area contributed by atoms with Crippen molar-refractivity contribution in [2.45, 2.75) is 20.4 Å². The van der Waals surface area contributed by atoms with Crippen LogP contribution >= 0.6 is 0 Å². The molecular weight excluding hydrogens is 231 g/mol. The van der Waals surface area contributed by atoms with E-state index in [1.54, 1.807) is 6.07 Å². The standard InChI is InChI=1S/C14H15FN2O/c1-9-6-12(10(2)17-9)8-16-14(18)11-4-3-5-13(15)7-11/h3-7,17H,8H2,1-2H3,(H,16,18). The van der Waals surface area contributed by atoms with Crippen molar-refractivity contribution in [2.24, 2.45) is 0 Å². The lowest BCUT2D eigenvalue weighted by atomic mass is 10.2. The van der Waals surface area contributed by atoms with Gasteiger partial charge >= 0.3 is 0 Å². The summed E-state index contributed by atoms with van der Waals surface area (Å²) in [5.74, 6) is -0.677. The Kier molecular flexibility index (Phi) is 3.46. The van der Waals surface area contributed by atoms with E-state index in [4.69, 9.17) is 0 Å². The second-order valence-electron chi connectivity index (χ2n) is 4.30. The molecule has 4 heteroatoms. The van der Waals surface area contributed by atoms with Gasteiger partial charge in [-0.15, -0.1) is 0 Å². The number of aromatic nitrogens is 1. The lowest BCUT2D eigenvalue weighted by molar-refractivity contribution is 0.0950. The van der Waals surface area contributed by atoms with Gasteiger partial charge in [0, 0.05) is 23.5 Å². The molecule has 2 aromatic rings. The maximum atomic E-state index is 13.0. The van der Waals surface area contributed by atoms with Crippen LogP contribution in [-0.2, 0) is 6.54 Å². The molecule has 0 atom stereocenters. The van der Waals surface area contributed by atoms with Crippen molar-refractivity contribution >= 4 is 5.91 Å². The van der Waals surface area contributed by atoms with E-state index in [1.165, 1.54) is 18.2 Å². The molecule has 0 radical (unpaired) electrons. The molecule has 1 aromatic heterocycles. The van der Waals surface area contributed by atoms with E-state index in [0.717, 1.165) is 17.0 Å². The van der Waals surface area contributed by atoms with Crippen molar-refractivity contribution in [1.82, 2.24) is 10.3 Å². The van der Waals surface area contributed by atoms with Crippen LogP contribution in [0.4, 0.5) is 4.39 Å². The van der Waals surface area contributed by atoms with Crippen molar-refractivity contribution in [2.75, 3.05) is 0 Å². The summed E-state index contributed by atoms with van der Waals surface area (Å²) in [5.41, 5.74) is 3.46. The zero-order valence-electron chi connectivity index (χ0n) is 10.4. The molecule has 1 amide bonds. The van der Waals surface area contributed by atoms with E-state index in [-0.39, 0.29) is 5.91 Å². The molecule has 0 aliphatic carbocycles. The quantitative estimate of drug-likeness (QED) is 0.859. The fourth-order valence-electron chi connectivity index (χ4n) is 1.87. The van der Waals surface area contributed by atoms with E-state index in [9.17, 15) is 9.18 Å². The maximum absolute atomic E-state index is 13.0. The average molecular weight is 246 g/mol. The van der Waals surface area contributed by atoms with E-state index in [2.05, 4.69) is 10.3 Å². The van der Waals surface area contributed by atoms with Gasteiger partial charge in [-0.25, -0.2) is 4.39 Å². The fourth-order valence-corrected chi connectivity index (χ4v) is 1.87. The van der Waals surface area contributed by atoms with Gasteiger partial charge in [0.2, 0.25) is 0 Å². The number of hydrogen-bond acceptors (Lipinski definition) is 1. The lowest BCUT2D eigenvalue weighted by Crippen LogP contribution is -2.22. The molecule has 0 saturated heterocycles. The van der Waals surface area contributed by atoms with Crippen LogP contribution in [0.2, 0.25) is 0 Å². The SMILES string of the molecule is Cc1cc(CNC(=O)c2cccc(F)c2)c(C)[nH]1. The predicted molar refractivity (Wildman–Crippen MR) is 67.8 cm³/mol. The van der Waals surface area contributed by atoms with E-state index < -0.39 is 5.82 Å². The van der Waals surface area contributed by atoms with Crippen LogP contribution in [-0.4, -0.2) is 10.9 Å². The van der Waals surface area contributed by atoms with Gasteiger partial charge in [0.25, 0.3) is 5.91 Å². The van der Waals surface area contributed by atoms with E-state index in [1.807, 2.05) is 19.9 Å². The molecule has 1 aromatic carbocycles. The number of hydrogen-bond donors (Lipinski definition) is 2. The van der Waals surface area contributed by atoms with Gasteiger partial charge in [-0.05, 0) is 43.7 Å². The highest BCUT2D eigenvalue weighted by molar-refractivity contribution is 5.94. The van der Waals surface area contributed by atoms with Crippen LogP contribution in [0.25, 0.3) is 0 Å². The molecule has 0 aliphatic heterocycles. The van der Waals surface area contributed by atoms with Gasteiger partial charge < -0.3 is 10.3 Å². The predicted octanol–water partition coefficient (Wildman–Crippen LogP) is 2.70. The average Bonchev–Trinajstić information content (AvgIpc) is 2.65. The molecule has 0 saturated carbocycles. The van der Waals surface area contributed by atoms with Gasteiger partial charge in [-0.2, -0.15) is 0 Å². The topological polar surface area (TPSA) is 44.9 Å². The number of carbonyl (C=O) groups excluding carboxylic acids is 1. The monoisotopic (exact) mass is 246 g/mol. The smallest absolute Gasteiger partial charge is 0.251 e. The summed E-state index contributed by atoms with van der Waals surface area (Å²) in [6.07, 6.45) is 0. The van der Waals surface area contributed by atoms with Crippen molar-refractivity contribution in [1.29, 1.82) is 0 Å². The lowest BCUT2D eigenvalue weighted by Gasteiger charge is -2.05. The van der Waals surface area contributed by atoms with Gasteiger partial charge in [0.1, 0.15) is 5.82 Å². The van der Waals surface area contributed by atoms with Crippen molar-refractivity contribution in [3.05, 3.63) is 58.7 Å². The minimum atomic E-state index is -0.406. The first-order valence-corrected chi connectivity index (χ1v) is 5.75. The zero-order valence-corrected chi connectivity index (χ0v) is 10.4. The third-order valence-electron chi connectivity index (χ3n) is 2.78. The Morgan fingerprint density at radius 2 is 2.11 bits per heavy atom. The normalized spacial score (nSPS) is 10.4. The molecule has 2 N–H and O–H groups in total. The van der Waals surface area contributed by atoms with Gasteiger partial charge in [0.05, 0.1) is 0 Å². The highest BCUT2D eigenvalue weighted by Crippen LogP contribution is 2.09. The zero-order chi connectivity index (χ0) is 13.1. The Balaban J connectivity index is 2.02. The van der Waals surface area contributed by atoms with E-state index >= 15 is 0 Å². The summed E-state index contributed by atoms with van der Waals surface area (Å²) in [5, 5.41) is 2.77. The number of nitrogens with one attached hydrogen (secondary N) is 2. The fraction of sp³-hybridized carbons (Fsp3) is 0.214. The van der Waals surface area contributed by atoms with Crippen molar-refractivity contribution in [3.8, 4) is 0 Å². The molecule has 2 rings (SSSR count). The molecule has 94 valence electrons. The molecule has 0 unspecified atom stereocenters. The maximum Gasteiger partial charge on any atom is 0.251 e. The molecule has 1 heterocycles. The van der Waals surface area contributed by atoms with Crippen LogP contribution in [0.3, 0.4) is 0 Å². The summed E-state index contributed by atoms with van der Waals surface area (Å²) >= 11 is 0. The summed E-state index contributed by atoms with van der Waals surface area (Å²) in [6.45, 7) is 4.35. The summed E-state index contributed by atoms with van der Waals surface area (Å²) in [7, 11) is 0. The largest absolute Gasteiger partial charge is 0.362 e. The van der Waals surface area contributed by atoms with Crippen LogP contribution in [0.1, 0.15) is 27.3 Å². The van der Waals surface area contributed by atoms with Gasteiger partial charge in [-0.3, -0.25) is 4.79 Å². The molecule has 3 nitrogen and oxygen atoms in total. The van der Waals surface area contributed by atoms with Crippen LogP contribution in [0, 0.1) is 19.7 Å². The second-order valence-corrected chi connectivity index (χ2v) is 4.30. The Hall–Kier alpha value is -2.10. The summed E-state index contributed by atoms with van der Waals surface area (Å²) in [4.78, 5) is 15.0. The number of rotatable bonds is 3. The molecule has 0 bridgehead atoms. The van der Waals surface area contributed by atoms with Crippen LogP contribution in [0.5, 0.6) is 0 Å². The number of carbonyl (C=O) groups is 1. The van der Waals surface area contributed by atoms with Crippen LogP contribution in [0.15, 0.2) is 30.3 Å². The number of aromatic amines is 1. The molecule has 0 fully saturated rings. The van der Waals surface area contributed by atoms with Gasteiger partial charge in [-0.1, -0.05) is 6.07 Å². The Bertz CT molecular complexity index is 575. The van der Waals surface area contributed by atoms with Crippen LogP contribution < -0.4 is 5.32 Å². The highest BCUT2D eigenvalue weighted by atomic mass is 19.1. The van der Waals surface area contributed by atoms with Crippen molar-refractivity contribution in [3.63, 3.8) is 0 Å². The Morgan fingerprint density at radius 3 is 2.72 bits per heavy atom.